The Morgan fingerprint density at radius 1 is 1.30 bits per heavy atom. The van der Waals surface area contributed by atoms with E-state index in [9.17, 15) is 0 Å². The average Bonchev–Trinajstić information content (AvgIpc) is 1.95. The highest BCUT2D eigenvalue weighted by atomic mass is 79.9. The molecule has 1 aromatic carbocycles. The Bertz CT molecular complexity index is 197. The molecule has 0 N–H and O–H groups in total. The third kappa shape index (κ3) is 2.28. The van der Waals surface area contributed by atoms with Gasteiger partial charge in [0.2, 0.25) is 0 Å². The number of hydrogen-bond donors (Lipinski definition) is 0. The van der Waals surface area contributed by atoms with Gasteiger partial charge in [-0.15, -0.1) is 0 Å². The standard InChI is InChI=1S/C7H8BrOP/c1-10-9-7-4-2-6(8)3-5-7/h2-5,10H,1H3. The largest absolute Gasteiger partial charge is 0.477 e. The molecule has 1 aromatic rings. The maximum atomic E-state index is 5.27. The Hall–Kier alpha value is -0.0700. The van der Waals surface area contributed by atoms with Crippen LogP contribution in [-0.4, -0.2) is 6.66 Å². The summed E-state index contributed by atoms with van der Waals surface area (Å²) in [5.41, 5.74) is 0. The van der Waals surface area contributed by atoms with Gasteiger partial charge in [-0.2, -0.15) is 0 Å². The van der Waals surface area contributed by atoms with E-state index in [2.05, 4.69) is 15.9 Å². The summed E-state index contributed by atoms with van der Waals surface area (Å²) in [6.07, 6.45) is 0. The highest BCUT2D eigenvalue weighted by Crippen LogP contribution is 2.20. The van der Waals surface area contributed by atoms with Gasteiger partial charge in [0.05, 0.1) is 8.81 Å². The Labute approximate surface area is 70.8 Å². The van der Waals surface area contributed by atoms with Gasteiger partial charge in [0.15, 0.2) is 0 Å². The lowest BCUT2D eigenvalue weighted by atomic mass is 10.3. The summed E-state index contributed by atoms with van der Waals surface area (Å²) in [6.45, 7) is 2.00. The van der Waals surface area contributed by atoms with Crippen LogP contribution in [0.1, 0.15) is 0 Å². The minimum Gasteiger partial charge on any atom is -0.477 e. The predicted octanol–water partition coefficient (Wildman–Crippen LogP) is 3.05. The molecule has 0 amide bonds. The van der Waals surface area contributed by atoms with E-state index in [0.717, 1.165) is 10.2 Å². The molecule has 0 aliphatic rings. The fourth-order valence-corrected chi connectivity index (χ4v) is 1.26. The summed E-state index contributed by atoms with van der Waals surface area (Å²) < 4.78 is 6.35. The molecule has 0 aliphatic heterocycles. The summed E-state index contributed by atoms with van der Waals surface area (Å²) in [5, 5.41) is 0. The van der Waals surface area contributed by atoms with Crippen LogP contribution < -0.4 is 4.52 Å². The molecule has 1 unspecified atom stereocenters. The van der Waals surface area contributed by atoms with Crippen LogP contribution in [0.25, 0.3) is 0 Å². The SMILES string of the molecule is CPOc1ccc(Br)cc1. The summed E-state index contributed by atoms with van der Waals surface area (Å²) >= 11 is 3.34. The zero-order valence-corrected chi connectivity index (χ0v) is 8.18. The van der Waals surface area contributed by atoms with Crippen LogP contribution in [-0.2, 0) is 0 Å². The number of halogens is 1. The van der Waals surface area contributed by atoms with Gasteiger partial charge in [-0.05, 0) is 30.9 Å². The van der Waals surface area contributed by atoms with Crippen molar-refractivity contribution in [2.75, 3.05) is 6.66 Å². The van der Waals surface area contributed by atoms with Crippen LogP contribution in [0.5, 0.6) is 5.75 Å². The van der Waals surface area contributed by atoms with E-state index in [0.29, 0.717) is 8.81 Å². The first-order valence-electron chi connectivity index (χ1n) is 2.92. The first-order valence-corrected chi connectivity index (χ1v) is 5.12. The van der Waals surface area contributed by atoms with Crippen LogP contribution in [0.3, 0.4) is 0 Å². The minimum atomic E-state index is 0.517. The zero-order valence-electron chi connectivity index (χ0n) is 5.60. The molecule has 0 heterocycles. The van der Waals surface area contributed by atoms with Crippen molar-refractivity contribution in [1.82, 2.24) is 0 Å². The van der Waals surface area contributed by atoms with E-state index in [-0.39, 0.29) is 0 Å². The zero-order chi connectivity index (χ0) is 7.40. The Kier molecular flexibility index (Phi) is 3.17. The maximum Gasteiger partial charge on any atom is 0.122 e. The van der Waals surface area contributed by atoms with Gasteiger partial charge < -0.3 is 4.52 Å². The molecule has 1 rings (SSSR count). The van der Waals surface area contributed by atoms with Gasteiger partial charge in [-0.25, -0.2) is 0 Å². The Morgan fingerprint density at radius 2 is 1.90 bits per heavy atom. The molecular weight excluding hydrogens is 211 g/mol. The fraction of sp³-hybridized carbons (Fsp3) is 0.143. The van der Waals surface area contributed by atoms with Gasteiger partial charge in [0.25, 0.3) is 0 Å². The second-order valence-corrected chi connectivity index (χ2v) is 3.29. The first-order chi connectivity index (χ1) is 4.83. The molecule has 1 atom stereocenters. The summed E-state index contributed by atoms with van der Waals surface area (Å²) in [6, 6.07) is 7.83. The van der Waals surface area contributed by atoms with Gasteiger partial charge in [-0.3, -0.25) is 0 Å². The lowest BCUT2D eigenvalue weighted by Crippen LogP contribution is -1.74. The van der Waals surface area contributed by atoms with Crippen molar-refractivity contribution in [1.29, 1.82) is 0 Å². The predicted molar refractivity (Wildman–Crippen MR) is 49.0 cm³/mol. The van der Waals surface area contributed by atoms with Crippen LogP contribution in [0.15, 0.2) is 28.7 Å². The molecule has 0 saturated heterocycles. The van der Waals surface area contributed by atoms with Gasteiger partial charge in [0, 0.05) is 4.47 Å². The molecule has 0 bridgehead atoms. The number of benzene rings is 1. The van der Waals surface area contributed by atoms with Crippen molar-refractivity contribution in [2.24, 2.45) is 0 Å². The van der Waals surface area contributed by atoms with Crippen LogP contribution in [0, 0.1) is 0 Å². The molecule has 1 nitrogen and oxygen atoms in total. The second-order valence-electron chi connectivity index (χ2n) is 1.76. The topological polar surface area (TPSA) is 9.23 Å². The lowest BCUT2D eigenvalue weighted by molar-refractivity contribution is 0.635. The second kappa shape index (κ2) is 3.95. The fourth-order valence-electron chi connectivity index (χ4n) is 0.620. The summed E-state index contributed by atoms with van der Waals surface area (Å²) in [4.78, 5) is 0. The number of rotatable bonds is 2. The molecule has 3 heteroatoms. The molecule has 0 saturated carbocycles. The molecule has 0 radical (unpaired) electrons. The normalized spacial score (nSPS) is 10.6. The highest BCUT2D eigenvalue weighted by Gasteiger charge is 1.89. The molecule has 0 fully saturated rings. The van der Waals surface area contributed by atoms with Crippen LogP contribution in [0.4, 0.5) is 0 Å². The third-order valence-electron chi connectivity index (χ3n) is 1.03. The van der Waals surface area contributed by atoms with Crippen molar-refractivity contribution in [2.45, 2.75) is 0 Å². The van der Waals surface area contributed by atoms with Gasteiger partial charge >= 0.3 is 0 Å². The van der Waals surface area contributed by atoms with E-state index < -0.39 is 0 Å². The smallest absolute Gasteiger partial charge is 0.122 e. The van der Waals surface area contributed by atoms with Crippen molar-refractivity contribution in [3.05, 3.63) is 28.7 Å². The first kappa shape index (κ1) is 8.03. The van der Waals surface area contributed by atoms with E-state index >= 15 is 0 Å². The molecule has 10 heavy (non-hydrogen) atoms. The third-order valence-corrected chi connectivity index (χ3v) is 2.00. The molecular formula is C7H8BrOP. The lowest BCUT2D eigenvalue weighted by Gasteiger charge is -2.00. The molecule has 0 spiro atoms. The Balaban J connectivity index is 2.69. The minimum absolute atomic E-state index is 0.517. The Morgan fingerprint density at radius 3 is 2.40 bits per heavy atom. The average molecular weight is 219 g/mol. The van der Waals surface area contributed by atoms with Crippen molar-refractivity contribution in [3.63, 3.8) is 0 Å². The monoisotopic (exact) mass is 218 g/mol. The van der Waals surface area contributed by atoms with E-state index in [1.807, 2.05) is 30.9 Å². The van der Waals surface area contributed by atoms with Gasteiger partial charge in [-0.1, -0.05) is 15.9 Å². The van der Waals surface area contributed by atoms with Crippen molar-refractivity contribution in [3.8, 4) is 5.75 Å². The van der Waals surface area contributed by atoms with E-state index in [4.69, 9.17) is 4.52 Å². The number of hydrogen-bond acceptors (Lipinski definition) is 1. The molecule has 0 aliphatic carbocycles. The van der Waals surface area contributed by atoms with Crippen molar-refractivity contribution >= 4 is 24.7 Å². The van der Waals surface area contributed by atoms with E-state index in [1.165, 1.54) is 0 Å². The quantitative estimate of drug-likeness (QED) is 0.694. The van der Waals surface area contributed by atoms with Gasteiger partial charge in [0.1, 0.15) is 5.75 Å². The van der Waals surface area contributed by atoms with Crippen LogP contribution in [0.2, 0.25) is 0 Å². The van der Waals surface area contributed by atoms with Crippen LogP contribution >= 0.6 is 24.7 Å². The van der Waals surface area contributed by atoms with E-state index in [1.54, 1.807) is 0 Å². The highest BCUT2D eigenvalue weighted by molar-refractivity contribution is 9.10. The molecule has 54 valence electrons. The van der Waals surface area contributed by atoms with Crippen molar-refractivity contribution < 1.29 is 4.52 Å². The maximum absolute atomic E-state index is 5.27. The summed E-state index contributed by atoms with van der Waals surface area (Å²) in [5.74, 6) is 0.934. The summed E-state index contributed by atoms with van der Waals surface area (Å²) in [7, 11) is 0.517. The molecule has 0 aromatic heterocycles.